The number of methoxy groups -OCH3 is 1. The van der Waals surface area contributed by atoms with Gasteiger partial charge in [0.15, 0.2) is 0 Å². The molecule has 1 N–H and O–H groups in total. The number of likely N-dealkylation sites (tertiary alicyclic amines) is 1. The van der Waals surface area contributed by atoms with Gasteiger partial charge in [0.05, 0.1) is 20.3 Å². The van der Waals surface area contributed by atoms with Gasteiger partial charge in [-0.25, -0.2) is 8.42 Å². The Morgan fingerprint density at radius 2 is 1.79 bits per heavy atom. The molecule has 2 aromatic rings. The minimum absolute atomic E-state index is 0.0581. The third-order valence-corrected chi connectivity index (χ3v) is 8.55. The normalized spacial score (nSPS) is 18.5. The van der Waals surface area contributed by atoms with Crippen LogP contribution in [0.1, 0.15) is 24.0 Å². The Morgan fingerprint density at radius 3 is 2.47 bits per heavy atom. The van der Waals surface area contributed by atoms with Crippen LogP contribution in [0.3, 0.4) is 0 Å². The fourth-order valence-electron chi connectivity index (χ4n) is 4.51. The number of sulfonamides is 1. The van der Waals surface area contributed by atoms with Crippen molar-refractivity contribution in [3.63, 3.8) is 0 Å². The van der Waals surface area contributed by atoms with E-state index in [4.69, 9.17) is 9.47 Å². The first-order valence-corrected chi connectivity index (χ1v) is 13.2. The highest BCUT2D eigenvalue weighted by molar-refractivity contribution is 7.89. The zero-order valence-electron chi connectivity index (χ0n) is 19.8. The monoisotopic (exact) mass is 487 g/mol. The predicted octanol–water partition coefficient (Wildman–Crippen LogP) is 2.88. The molecule has 0 bridgehead atoms. The van der Waals surface area contributed by atoms with E-state index in [1.54, 1.807) is 12.1 Å². The first kappa shape index (κ1) is 24.7. The molecule has 1 amide bonds. The fourth-order valence-corrected chi connectivity index (χ4v) is 6.10. The molecule has 0 spiro atoms. The van der Waals surface area contributed by atoms with E-state index in [1.165, 1.54) is 28.6 Å². The van der Waals surface area contributed by atoms with Crippen molar-refractivity contribution in [1.82, 2.24) is 9.21 Å². The van der Waals surface area contributed by atoms with Gasteiger partial charge in [0.2, 0.25) is 15.9 Å². The number of hydrogen-bond donors (Lipinski definition) is 1. The van der Waals surface area contributed by atoms with Crippen molar-refractivity contribution in [3.05, 3.63) is 53.6 Å². The van der Waals surface area contributed by atoms with Gasteiger partial charge < -0.3 is 14.8 Å². The van der Waals surface area contributed by atoms with Crippen molar-refractivity contribution in [3.8, 4) is 5.75 Å². The van der Waals surface area contributed by atoms with Gasteiger partial charge in [0, 0.05) is 31.2 Å². The molecule has 0 atom stereocenters. The third-order valence-electron chi connectivity index (χ3n) is 6.63. The number of carbonyl (C=O) groups excluding carboxylic acids is 1. The summed E-state index contributed by atoms with van der Waals surface area (Å²) >= 11 is 0. The number of nitrogens with one attached hydrogen (secondary N) is 1. The number of anilines is 1. The van der Waals surface area contributed by atoms with Gasteiger partial charge in [-0.05, 0) is 62.2 Å². The average Bonchev–Trinajstić information content (AvgIpc) is 2.86. The van der Waals surface area contributed by atoms with Crippen LogP contribution in [0.5, 0.6) is 5.75 Å². The van der Waals surface area contributed by atoms with Crippen LogP contribution in [-0.2, 0) is 26.1 Å². The van der Waals surface area contributed by atoms with E-state index in [-0.39, 0.29) is 22.5 Å². The van der Waals surface area contributed by atoms with Crippen LogP contribution in [0.25, 0.3) is 0 Å². The molecule has 0 unspecified atom stereocenters. The highest BCUT2D eigenvalue weighted by atomic mass is 32.2. The summed E-state index contributed by atoms with van der Waals surface area (Å²) in [4.78, 5) is 15.4. The molecule has 0 aromatic heterocycles. The Morgan fingerprint density at radius 1 is 1.09 bits per heavy atom. The van der Waals surface area contributed by atoms with Crippen molar-refractivity contribution in [2.24, 2.45) is 5.92 Å². The van der Waals surface area contributed by atoms with Gasteiger partial charge >= 0.3 is 0 Å². The molecule has 2 aromatic carbocycles. The van der Waals surface area contributed by atoms with Gasteiger partial charge in [0.25, 0.3) is 0 Å². The Hall–Kier alpha value is -2.46. The van der Waals surface area contributed by atoms with E-state index < -0.39 is 10.0 Å². The average molecular weight is 488 g/mol. The van der Waals surface area contributed by atoms with Crippen LogP contribution in [0.4, 0.5) is 5.69 Å². The van der Waals surface area contributed by atoms with E-state index >= 15 is 0 Å². The Bertz CT molecular complexity index is 1110. The molecule has 2 fully saturated rings. The summed E-state index contributed by atoms with van der Waals surface area (Å²) in [6.07, 6.45) is 1.54. The summed E-state index contributed by atoms with van der Waals surface area (Å²) in [5.74, 6) is 0.0824. The number of piperidine rings is 1. The summed E-state index contributed by atoms with van der Waals surface area (Å²) in [6.45, 7) is 6.03. The second-order valence-electron chi connectivity index (χ2n) is 8.85. The fraction of sp³-hybridized carbons (Fsp3) is 0.480. The Labute approximate surface area is 201 Å². The molecule has 8 nitrogen and oxygen atoms in total. The molecule has 0 aliphatic carbocycles. The maximum atomic E-state index is 13.2. The number of nitrogens with zero attached hydrogens (tertiary/aromatic N) is 2. The summed E-state index contributed by atoms with van der Waals surface area (Å²) in [5, 5.41) is 2.93. The van der Waals surface area contributed by atoms with E-state index in [1.807, 2.05) is 6.07 Å². The third kappa shape index (κ3) is 5.60. The van der Waals surface area contributed by atoms with E-state index in [2.05, 4.69) is 35.3 Å². The lowest BCUT2D eigenvalue weighted by Crippen LogP contribution is -2.40. The van der Waals surface area contributed by atoms with Crippen molar-refractivity contribution in [2.45, 2.75) is 31.2 Å². The number of ether oxygens (including phenoxy) is 2. The zero-order chi connectivity index (χ0) is 24.1. The van der Waals surface area contributed by atoms with Gasteiger partial charge in [-0.15, -0.1) is 0 Å². The summed E-state index contributed by atoms with van der Waals surface area (Å²) in [7, 11) is -2.32. The number of hydrogen-bond acceptors (Lipinski definition) is 6. The van der Waals surface area contributed by atoms with Crippen LogP contribution in [0, 0.1) is 12.8 Å². The highest BCUT2D eigenvalue weighted by Gasteiger charge is 2.30. The maximum Gasteiger partial charge on any atom is 0.246 e. The quantitative estimate of drug-likeness (QED) is 0.646. The smallest absolute Gasteiger partial charge is 0.246 e. The van der Waals surface area contributed by atoms with E-state index in [0.29, 0.717) is 32.0 Å². The topological polar surface area (TPSA) is 88.2 Å². The van der Waals surface area contributed by atoms with Crippen molar-refractivity contribution >= 4 is 21.6 Å². The lowest BCUT2D eigenvalue weighted by Gasteiger charge is -2.31. The van der Waals surface area contributed by atoms with E-state index in [9.17, 15) is 13.2 Å². The minimum Gasteiger partial charge on any atom is -0.495 e. The lowest BCUT2D eigenvalue weighted by molar-refractivity contribution is -0.121. The highest BCUT2D eigenvalue weighted by Crippen LogP contribution is 2.31. The lowest BCUT2D eigenvalue weighted by atomic mass is 9.95. The van der Waals surface area contributed by atoms with Crippen LogP contribution in [0.15, 0.2) is 47.4 Å². The van der Waals surface area contributed by atoms with Gasteiger partial charge in [0.1, 0.15) is 10.6 Å². The van der Waals surface area contributed by atoms with Crippen molar-refractivity contribution in [1.29, 1.82) is 0 Å². The van der Waals surface area contributed by atoms with Crippen molar-refractivity contribution < 1.29 is 22.7 Å². The van der Waals surface area contributed by atoms with Crippen LogP contribution >= 0.6 is 0 Å². The van der Waals surface area contributed by atoms with Crippen molar-refractivity contribution in [2.75, 3.05) is 51.8 Å². The van der Waals surface area contributed by atoms with Gasteiger partial charge in [-0.3, -0.25) is 9.69 Å². The molecule has 2 saturated heterocycles. The molecular formula is C25H33N3O5S. The molecule has 2 aliphatic heterocycles. The molecule has 184 valence electrons. The zero-order valence-corrected chi connectivity index (χ0v) is 20.6. The first-order chi connectivity index (χ1) is 16.4. The molecule has 2 heterocycles. The number of rotatable bonds is 7. The molecule has 0 radical (unpaired) electrons. The second kappa shape index (κ2) is 10.9. The van der Waals surface area contributed by atoms with Crippen LogP contribution in [-0.4, -0.2) is 70.0 Å². The molecule has 9 heteroatoms. The summed E-state index contributed by atoms with van der Waals surface area (Å²) in [5.41, 5.74) is 3.06. The number of morpholine rings is 1. The van der Waals surface area contributed by atoms with E-state index in [0.717, 1.165) is 32.5 Å². The van der Waals surface area contributed by atoms with Gasteiger partial charge in [-0.1, -0.05) is 24.3 Å². The predicted molar refractivity (Wildman–Crippen MR) is 130 cm³/mol. The molecular weight excluding hydrogens is 454 g/mol. The molecule has 0 saturated carbocycles. The molecule has 34 heavy (non-hydrogen) atoms. The summed E-state index contributed by atoms with van der Waals surface area (Å²) in [6, 6.07) is 13.2. The number of benzene rings is 2. The van der Waals surface area contributed by atoms with Crippen LogP contribution in [0.2, 0.25) is 0 Å². The second-order valence-corrected chi connectivity index (χ2v) is 10.8. The Balaban J connectivity index is 1.39. The Kier molecular flexibility index (Phi) is 7.88. The molecule has 2 aliphatic rings. The standard InChI is InChI=1S/C25H33N3O5S/c1-19-5-3-4-6-21(19)18-27-11-9-20(10-12-27)25(29)26-22-7-8-23(32-2)24(17-22)34(30,31)28-13-15-33-16-14-28/h3-8,17,20H,9-16,18H2,1-2H3,(H,26,29). The van der Waals surface area contributed by atoms with Crippen LogP contribution < -0.4 is 10.1 Å². The minimum atomic E-state index is -3.76. The maximum absolute atomic E-state index is 13.2. The molecule has 4 rings (SSSR count). The summed E-state index contributed by atoms with van der Waals surface area (Å²) < 4.78 is 38.4. The largest absolute Gasteiger partial charge is 0.495 e. The van der Waals surface area contributed by atoms with Gasteiger partial charge in [-0.2, -0.15) is 4.31 Å². The first-order valence-electron chi connectivity index (χ1n) is 11.7. The number of carbonyl (C=O) groups is 1. The SMILES string of the molecule is COc1ccc(NC(=O)C2CCN(Cc3ccccc3C)CC2)cc1S(=O)(=O)N1CCOCC1. The number of aryl methyl sites for hydroxylation is 1. The number of amides is 1.